The molecule has 0 aliphatic rings. The molecule has 0 aliphatic heterocycles. The second-order valence-corrected chi connectivity index (χ2v) is 3.77. The van der Waals surface area contributed by atoms with Gasteiger partial charge in [0.2, 0.25) is 0 Å². The van der Waals surface area contributed by atoms with Crippen LogP contribution in [-0.2, 0) is 6.61 Å². The average molecular weight is 247 g/mol. The van der Waals surface area contributed by atoms with Gasteiger partial charge in [0.15, 0.2) is 0 Å². The number of aromatic nitrogens is 1. The number of aliphatic hydroxyl groups is 1. The van der Waals surface area contributed by atoms with E-state index in [-0.39, 0.29) is 6.61 Å². The van der Waals surface area contributed by atoms with Gasteiger partial charge in [-0.3, -0.25) is 4.98 Å². The molecule has 4 heteroatoms. The van der Waals surface area contributed by atoms with Gasteiger partial charge in [-0.25, -0.2) is 4.39 Å². The lowest BCUT2D eigenvalue weighted by molar-refractivity contribution is 0.276. The van der Waals surface area contributed by atoms with Crippen molar-refractivity contribution in [2.24, 2.45) is 0 Å². The van der Waals surface area contributed by atoms with Crippen LogP contribution in [0.4, 0.5) is 4.39 Å². The van der Waals surface area contributed by atoms with Crippen LogP contribution in [0, 0.1) is 5.82 Å². The molecule has 0 saturated carbocycles. The van der Waals surface area contributed by atoms with Crippen molar-refractivity contribution in [3.05, 3.63) is 48.0 Å². The molecule has 1 aromatic carbocycles. The molecule has 0 aliphatic carbocycles. The smallest absolute Gasteiger partial charge is 0.149 e. The molecule has 0 radical (unpaired) electrons. The lowest BCUT2D eigenvalue weighted by Crippen LogP contribution is -1.95. The Bertz CT molecular complexity index is 543. The van der Waals surface area contributed by atoms with Gasteiger partial charge in [-0.2, -0.15) is 0 Å². The van der Waals surface area contributed by atoms with Gasteiger partial charge in [-0.1, -0.05) is 12.1 Å². The maximum Gasteiger partial charge on any atom is 0.149 e. The molecule has 94 valence electrons. The highest BCUT2D eigenvalue weighted by Gasteiger charge is 2.08. The van der Waals surface area contributed by atoms with Gasteiger partial charge in [0.1, 0.15) is 11.6 Å². The fraction of sp³-hybridized carbons (Fsp3) is 0.214. The Kier molecular flexibility index (Phi) is 3.89. The number of pyridine rings is 1. The van der Waals surface area contributed by atoms with Crippen LogP contribution in [0.25, 0.3) is 11.1 Å². The SMILES string of the molecule is CCOc1cccc(-c2cc(CO)ncc2F)c1. The van der Waals surface area contributed by atoms with Crippen LogP contribution in [0.2, 0.25) is 0 Å². The minimum absolute atomic E-state index is 0.210. The zero-order valence-corrected chi connectivity index (χ0v) is 10.1. The summed E-state index contributed by atoms with van der Waals surface area (Å²) in [5, 5.41) is 9.03. The van der Waals surface area contributed by atoms with Gasteiger partial charge in [-0.15, -0.1) is 0 Å². The summed E-state index contributed by atoms with van der Waals surface area (Å²) in [5.41, 5.74) is 1.55. The summed E-state index contributed by atoms with van der Waals surface area (Å²) in [6, 6.07) is 8.73. The zero-order chi connectivity index (χ0) is 13.0. The summed E-state index contributed by atoms with van der Waals surface area (Å²) in [6.07, 6.45) is 1.12. The third kappa shape index (κ3) is 2.65. The first-order valence-corrected chi connectivity index (χ1v) is 5.73. The van der Waals surface area contributed by atoms with Gasteiger partial charge in [-0.05, 0) is 30.7 Å². The molecule has 1 aromatic heterocycles. The van der Waals surface area contributed by atoms with Crippen molar-refractivity contribution in [3.8, 4) is 16.9 Å². The molecule has 3 nitrogen and oxygen atoms in total. The third-order valence-electron chi connectivity index (χ3n) is 2.53. The molecule has 2 rings (SSSR count). The molecule has 1 heterocycles. The Morgan fingerprint density at radius 1 is 1.33 bits per heavy atom. The topological polar surface area (TPSA) is 42.4 Å². The van der Waals surface area contributed by atoms with Crippen LogP contribution >= 0.6 is 0 Å². The Hall–Kier alpha value is -1.94. The van der Waals surface area contributed by atoms with Crippen LogP contribution in [-0.4, -0.2) is 16.7 Å². The number of rotatable bonds is 4. The number of benzene rings is 1. The van der Waals surface area contributed by atoms with Gasteiger partial charge >= 0.3 is 0 Å². The Morgan fingerprint density at radius 2 is 2.17 bits per heavy atom. The predicted molar refractivity (Wildman–Crippen MR) is 66.7 cm³/mol. The molecule has 0 saturated heterocycles. The minimum atomic E-state index is -0.416. The molecule has 0 bridgehead atoms. The summed E-state index contributed by atoms with van der Waals surface area (Å²) in [5.74, 6) is 0.276. The number of nitrogens with zero attached hydrogens (tertiary/aromatic N) is 1. The van der Waals surface area contributed by atoms with Crippen LogP contribution < -0.4 is 4.74 Å². The molecule has 0 spiro atoms. The van der Waals surface area contributed by atoms with E-state index in [1.165, 1.54) is 0 Å². The second kappa shape index (κ2) is 5.60. The van der Waals surface area contributed by atoms with Gasteiger partial charge in [0.05, 0.1) is 25.1 Å². The predicted octanol–water partition coefficient (Wildman–Crippen LogP) is 2.78. The van der Waals surface area contributed by atoms with Crippen LogP contribution in [0.1, 0.15) is 12.6 Å². The zero-order valence-electron chi connectivity index (χ0n) is 10.1. The fourth-order valence-corrected chi connectivity index (χ4v) is 1.71. The summed E-state index contributed by atoms with van der Waals surface area (Å²) >= 11 is 0. The molecular weight excluding hydrogens is 233 g/mol. The lowest BCUT2D eigenvalue weighted by atomic mass is 10.1. The molecule has 1 N–H and O–H groups in total. The normalized spacial score (nSPS) is 10.4. The van der Waals surface area contributed by atoms with Crippen LogP contribution in [0.3, 0.4) is 0 Å². The number of ether oxygens (including phenoxy) is 1. The molecule has 0 amide bonds. The number of aliphatic hydroxyl groups excluding tert-OH is 1. The quantitative estimate of drug-likeness (QED) is 0.903. The molecular formula is C14H14FNO2. The molecule has 18 heavy (non-hydrogen) atoms. The van der Waals surface area contributed by atoms with Crippen molar-refractivity contribution in [2.45, 2.75) is 13.5 Å². The van der Waals surface area contributed by atoms with Crippen LogP contribution in [0.15, 0.2) is 36.5 Å². The van der Waals surface area contributed by atoms with E-state index in [9.17, 15) is 4.39 Å². The monoisotopic (exact) mass is 247 g/mol. The van der Waals surface area contributed by atoms with Gasteiger partial charge in [0.25, 0.3) is 0 Å². The van der Waals surface area contributed by atoms with Crippen LogP contribution in [0.5, 0.6) is 5.75 Å². The highest BCUT2D eigenvalue weighted by atomic mass is 19.1. The summed E-state index contributed by atoms with van der Waals surface area (Å²) < 4.78 is 19.1. The maximum absolute atomic E-state index is 13.7. The van der Waals surface area contributed by atoms with E-state index in [0.717, 1.165) is 6.20 Å². The first-order chi connectivity index (χ1) is 8.74. The number of hydrogen-bond donors (Lipinski definition) is 1. The highest BCUT2D eigenvalue weighted by Crippen LogP contribution is 2.26. The maximum atomic E-state index is 13.7. The van der Waals surface area contributed by atoms with E-state index in [1.54, 1.807) is 24.3 Å². The van der Waals surface area contributed by atoms with Crippen molar-refractivity contribution in [1.29, 1.82) is 0 Å². The van der Waals surface area contributed by atoms with Gasteiger partial charge < -0.3 is 9.84 Å². The molecule has 0 fully saturated rings. The van der Waals surface area contributed by atoms with Crippen molar-refractivity contribution in [3.63, 3.8) is 0 Å². The summed E-state index contributed by atoms with van der Waals surface area (Å²) in [7, 11) is 0. The third-order valence-corrected chi connectivity index (χ3v) is 2.53. The van der Waals surface area contributed by atoms with Crippen molar-refractivity contribution < 1.29 is 14.2 Å². The standard InChI is InChI=1S/C14H14FNO2/c1-2-18-12-5-3-4-10(6-12)13-7-11(9-17)16-8-14(13)15/h3-8,17H,2,9H2,1H3. The van der Waals surface area contributed by atoms with E-state index < -0.39 is 5.82 Å². The molecule has 2 aromatic rings. The summed E-state index contributed by atoms with van der Waals surface area (Å²) in [4.78, 5) is 3.79. The molecule has 0 atom stereocenters. The van der Waals surface area contributed by atoms with Gasteiger partial charge in [0, 0.05) is 5.56 Å². The lowest BCUT2D eigenvalue weighted by Gasteiger charge is -2.08. The highest BCUT2D eigenvalue weighted by molar-refractivity contribution is 5.65. The molecule has 0 unspecified atom stereocenters. The second-order valence-electron chi connectivity index (χ2n) is 3.77. The fourth-order valence-electron chi connectivity index (χ4n) is 1.71. The van der Waals surface area contributed by atoms with Crippen molar-refractivity contribution in [1.82, 2.24) is 4.98 Å². The Labute approximate surface area is 105 Å². The largest absolute Gasteiger partial charge is 0.494 e. The first kappa shape index (κ1) is 12.5. The van der Waals surface area contributed by atoms with Crippen molar-refractivity contribution >= 4 is 0 Å². The Balaban J connectivity index is 2.44. The minimum Gasteiger partial charge on any atom is -0.494 e. The van der Waals surface area contributed by atoms with E-state index in [2.05, 4.69) is 4.98 Å². The van der Waals surface area contributed by atoms with Crippen molar-refractivity contribution in [2.75, 3.05) is 6.61 Å². The Morgan fingerprint density at radius 3 is 2.89 bits per heavy atom. The van der Waals surface area contributed by atoms with E-state index in [4.69, 9.17) is 9.84 Å². The van der Waals surface area contributed by atoms with E-state index in [0.29, 0.717) is 29.2 Å². The number of hydrogen-bond acceptors (Lipinski definition) is 3. The first-order valence-electron chi connectivity index (χ1n) is 5.73. The van der Waals surface area contributed by atoms with E-state index >= 15 is 0 Å². The van der Waals surface area contributed by atoms with E-state index in [1.807, 2.05) is 13.0 Å². The summed E-state index contributed by atoms with van der Waals surface area (Å²) in [6.45, 7) is 2.24. The number of halogens is 1. The average Bonchev–Trinajstić information content (AvgIpc) is 2.40.